The summed E-state index contributed by atoms with van der Waals surface area (Å²) in [6, 6.07) is 13.9. The minimum Gasteiger partial charge on any atom is -0.480 e. The summed E-state index contributed by atoms with van der Waals surface area (Å²) >= 11 is 0.565. The Hall–Kier alpha value is -3.24. The lowest BCUT2D eigenvalue weighted by atomic mass is 9.83. The second-order valence-corrected chi connectivity index (χ2v) is 8.80. The van der Waals surface area contributed by atoms with Gasteiger partial charge in [0.1, 0.15) is 16.8 Å². The van der Waals surface area contributed by atoms with Crippen LogP contribution in [0.25, 0.3) is 0 Å². The average molecular weight is 472 g/mol. The van der Waals surface area contributed by atoms with Gasteiger partial charge >= 0.3 is 11.9 Å². The Morgan fingerprint density at radius 1 is 1.06 bits per heavy atom. The molecule has 3 rings (SSSR count). The average Bonchev–Trinajstić information content (AvgIpc) is 3.32. The standard InChI is InChI=1S/C23H25N3O6S/c1-15(20(27)26-14-8-13-18(26)21(28)29)24-19(22(30)31)23(33-25-32,16-9-4-2-5-10-16)17-11-6-3-7-12-17/h2-7,9-12,15,18-19,24H,8,13-14H2,1H3,(H,28,29)(H,30,31)/t15-,18-,19?/m0/s1. The number of nitrogens with zero attached hydrogens (tertiary/aromatic N) is 2. The molecule has 0 radical (unpaired) electrons. The first-order chi connectivity index (χ1) is 15.8. The summed E-state index contributed by atoms with van der Waals surface area (Å²) in [6.45, 7) is 1.78. The molecule has 0 spiro atoms. The lowest BCUT2D eigenvalue weighted by Crippen LogP contribution is -2.59. The quantitative estimate of drug-likeness (QED) is 0.355. The number of carbonyl (C=O) groups excluding carboxylic acids is 1. The zero-order valence-electron chi connectivity index (χ0n) is 18.0. The van der Waals surface area contributed by atoms with Crippen LogP contribution in [-0.2, 0) is 19.1 Å². The Labute approximate surface area is 195 Å². The first-order valence-electron chi connectivity index (χ1n) is 10.5. The molecule has 174 valence electrons. The number of carbonyl (C=O) groups is 3. The molecule has 0 aromatic heterocycles. The molecule has 1 fully saturated rings. The van der Waals surface area contributed by atoms with Crippen LogP contribution < -0.4 is 5.32 Å². The van der Waals surface area contributed by atoms with E-state index in [1.54, 1.807) is 60.7 Å². The van der Waals surface area contributed by atoms with Crippen molar-refractivity contribution < 1.29 is 24.6 Å². The number of likely N-dealkylation sites (tertiary alicyclic amines) is 1. The van der Waals surface area contributed by atoms with Crippen molar-refractivity contribution in [3.8, 4) is 0 Å². The first-order valence-corrected chi connectivity index (χ1v) is 11.2. The van der Waals surface area contributed by atoms with Gasteiger partial charge in [-0.05, 0) is 30.9 Å². The summed E-state index contributed by atoms with van der Waals surface area (Å²) in [4.78, 5) is 50.1. The van der Waals surface area contributed by atoms with E-state index in [1.165, 1.54) is 11.8 Å². The number of hydrogen-bond acceptors (Lipinski definition) is 7. The lowest BCUT2D eigenvalue weighted by molar-refractivity contribution is -0.149. The van der Waals surface area contributed by atoms with Crippen LogP contribution >= 0.6 is 11.9 Å². The van der Waals surface area contributed by atoms with Gasteiger partial charge in [0.15, 0.2) is 0 Å². The second-order valence-electron chi connectivity index (χ2n) is 7.82. The number of hydrogen-bond donors (Lipinski definition) is 3. The van der Waals surface area contributed by atoms with Gasteiger partial charge in [0.05, 0.1) is 6.04 Å². The highest BCUT2D eigenvalue weighted by atomic mass is 32.2. The highest BCUT2D eigenvalue weighted by Gasteiger charge is 2.49. The van der Waals surface area contributed by atoms with Crippen molar-refractivity contribution in [1.82, 2.24) is 10.2 Å². The Kier molecular flexibility index (Phi) is 7.83. The predicted octanol–water partition coefficient (Wildman–Crippen LogP) is 2.85. The third kappa shape index (κ3) is 4.91. The van der Waals surface area contributed by atoms with Crippen molar-refractivity contribution in [1.29, 1.82) is 0 Å². The molecular weight excluding hydrogens is 446 g/mol. The molecule has 1 aliphatic heterocycles. The molecule has 2 aromatic carbocycles. The van der Waals surface area contributed by atoms with Gasteiger partial charge in [-0.2, -0.15) is 0 Å². The summed E-state index contributed by atoms with van der Waals surface area (Å²) in [5.41, 5.74) is 1.04. The lowest BCUT2D eigenvalue weighted by Gasteiger charge is -2.38. The number of aliphatic carboxylic acids is 2. The van der Waals surface area contributed by atoms with Gasteiger partial charge in [0.2, 0.25) is 5.91 Å². The van der Waals surface area contributed by atoms with E-state index in [-0.39, 0.29) is 6.54 Å². The molecule has 1 aliphatic rings. The number of carboxylic acids is 2. The van der Waals surface area contributed by atoms with E-state index in [0.717, 1.165) is 0 Å². The Morgan fingerprint density at radius 3 is 2.06 bits per heavy atom. The van der Waals surface area contributed by atoms with Crippen molar-refractivity contribution >= 4 is 29.8 Å². The molecule has 3 N–H and O–H groups in total. The van der Waals surface area contributed by atoms with Crippen molar-refractivity contribution in [2.24, 2.45) is 4.58 Å². The fourth-order valence-electron chi connectivity index (χ4n) is 4.31. The number of carboxylic acid groups (broad SMARTS) is 2. The Morgan fingerprint density at radius 2 is 1.61 bits per heavy atom. The number of nitrogens with one attached hydrogen (secondary N) is 1. The van der Waals surface area contributed by atoms with Crippen molar-refractivity contribution in [2.45, 2.75) is 42.6 Å². The normalized spacial score (nSPS) is 17.8. The van der Waals surface area contributed by atoms with E-state index in [2.05, 4.69) is 9.90 Å². The van der Waals surface area contributed by atoms with Gasteiger partial charge < -0.3 is 15.1 Å². The van der Waals surface area contributed by atoms with E-state index in [4.69, 9.17) is 0 Å². The van der Waals surface area contributed by atoms with E-state index in [9.17, 15) is 29.5 Å². The topological polar surface area (TPSA) is 136 Å². The van der Waals surface area contributed by atoms with Gasteiger partial charge in [-0.3, -0.25) is 14.9 Å². The van der Waals surface area contributed by atoms with Gasteiger partial charge in [-0.15, -0.1) is 4.91 Å². The third-order valence-corrected chi connectivity index (χ3v) is 6.92. The summed E-state index contributed by atoms with van der Waals surface area (Å²) < 4.78 is 1.54. The molecule has 0 aliphatic carbocycles. The minimum absolute atomic E-state index is 0.284. The second kappa shape index (κ2) is 10.6. The van der Waals surface area contributed by atoms with Crippen molar-refractivity contribution in [3.63, 3.8) is 0 Å². The summed E-state index contributed by atoms with van der Waals surface area (Å²) in [5.74, 6) is -2.88. The largest absolute Gasteiger partial charge is 0.480 e. The zero-order valence-corrected chi connectivity index (χ0v) is 18.8. The van der Waals surface area contributed by atoms with Crippen LogP contribution in [0.1, 0.15) is 30.9 Å². The molecule has 10 heteroatoms. The molecule has 2 aromatic rings. The van der Waals surface area contributed by atoms with E-state index < -0.39 is 40.7 Å². The molecule has 33 heavy (non-hydrogen) atoms. The van der Waals surface area contributed by atoms with Gasteiger partial charge in [-0.1, -0.05) is 60.7 Å². The minimum atomic E-state index is -1.48. The third-order valence-electron chi connectivity index (χ3n) is 5.85. The van der Waals surface area contributed by atoms with Gasteiger partial charge in [-0.25, -0.2) is 4.79 Å². The summed E-state index contributed by atoms with van der Waals surface area (Å²) in [6.07, 6.45) is 0.902. The van der Waals surface area contributed by atoms with Crippen molar-refractivity contribution in [2.75, 3.05) is 6.54 Å². The highest BCUT2D eigenvalue weighted by molar-refractivity contribution is 7.99. The van der Waals surface area contributed by atoms with Crippen LogP contribution in [0.4, 0.5) is 0 Å². The summed E-state index contributed by atoms with van der Waals surface area (Å²) in [5, 5.41) is 22.5. The van der Waals surface area contributed by atoms with E-state index in [0.29, 0.717) is 35.9 Å². The molecule has 1 unspecified atom stereocenters. The maximum Gasteiger partial charge on any atom is 0.326 e. The molecule has 1 saturated heterocycles. The molecule has 9 nitrogen and oxygen atoms in total. The fourth-order valence-corrected chi connectivity index (χ4v) is 5.18. The smallest absolute Gasteiger partial charge is 0.326 e. The van der Waals surface area contributed by atoms with Crippen LogP contribution in [-0.4, -0.2) is 57.6 Å². The predicted molar refractivity (Wildman–Crippen MR) is 123 cm³/mol. The van der Waals surface area contributed by atoms with Crippen molar-refractivity contribution in [3.05, 3.63) is 76.7 Å². The van der Waals surface area contributed by atoms with Crippen LogP contribution in [0, 0.1) is 4.91 Å². The number of benzene rings is 2. The number of rotatable bonds is 10. The number of amides is 1. The van der Waals surface area contributed by atoms with Crippen LogP contribution in [0.5, 0.6) is 0 Å². The zero-order chi connectivity index (χ0) is 24.0. The maximum absolute atomic E-state index is 13.1. The SMILES string of the molecule is C[C@H](NC(C(=O)O)C(SN=O)(c1ccccc1)c1ccccc1)C(=O)N1CCC[C@H]1C(=O)O. The first kappa shape index (κ1) is 24.4. The molecule has 0 bridgehead atoms. The molecular formula is C23H25N3O6S. The van der Waals surface area contributed by atoms with Gasteiger partial charge in [0.25, 0.3) is 0 Å². The van der Waals surface area contributed by atoms with Crippen LogP contribution in [0.15, 0.2) is 65.2 Å². The molecule has 1 heterocycles. The fraction of sp³-hybridized carbons (Fsp3) is 0.348. The van der Waals surface area contributed by atoms with Gasteiger partial charge in [0, 0.05) is 23.1 Å². The molecule has 3 atom stereocenters. The highest BCUT2D eigenvalue weighted by Crippen LogP contribution is 2.46. The maximum atomic E-state index is 13.1. The monoisotopic (exact) mass is 471 g/mol. The number of nitroso groups, excluding NO2 is 1. The van der Waals surface area contributed by atoms with E-state index in [1.807, 2.05) is 0 Å². The Balaban J connectivity index is 2.05. The molecule has 1 amide bonds. The van der Waals surface area contributed by atoms with E-state index >= 15 is 0 Å². The van der Waals surface area contributed by atoms with Crippen LogP contribution in [0.2, 0.25) is 0 Å². The molecule has 0 saturated carbocycles. The summed E-state index contributed by atoms with van der Waals surface area (Å²) in [7, 11) is 0. The van der Waals surface area contributed by atoms with Crippen LogP contribution in [0.3, 0.4) is 0 Å². The Bertz CT molecular complexity index is 964.